The predicted molar refractivity (Wildman–Crippen MR) is 85.2 cm³/mol. The summed E-state index contributed by atoms with van der Waals surface area (Å²) in [5, 5.41) is 1.41. The second kappa shape index (κ2) is 5.98. The molecule has 1 aromatic carbocycles. The molecule has 0 radical (unpaired) electrons. The number of rotatable bonds is 4. The van der Waals surface area contributed by atoms with E-state index in [-0.39, 0.29) is 5.92 Å². The Morgan fingerprint density at radius 1 is 1.05 bits per heavy atom. The normalized spacial score (nSPS) is 11.0. The molecule has 2 aromatic rings. The first-order chi connectivity index (χ1) is 9.96. The zero-order valence-corrected chi connectivity index (χ0v) is 14.0. The highest BCUT2D eigenvalue weighted by Gasteiger charge is 2.22. The maximum absolute atomic E-state index is 6.63. The molecule has 0 aliphatic rings. The average molecular weight is 310 g/mol. The van der Waals surface area contributed by atoms with E-state index in [1.54, 1.807) is 21.3 Å². The van der Waals surface area contributed by atoms with Crippen LogP contribution in [0.4, 0.5) is 0 Å². The van der Waals surface area contributed by atoms with Crippen LogP contribution in [-0.4, -0.2) is 26.3 Å². The van der Waals surface area contributed by atoms with Crippen molar-refractivity contribution in [3.05, 3.63) is 22.3 Å². The summed E-state index contributed by atoms with van der Waals surface area (Å²) in [7, 11) is 4.74. The number of pyridine rings is 1. The second-order valence-electron chi connectivity index (χ2n) is 5.12. The van der Waals surface area contributed by atoms with Crippen molar-refractivity contribution < 1.29 is 14.2 Å². The van der Waals surface area contributed by atoms with Crippen LogP contribution in [0.5, 0.6) is 17.2 Å². The quantitative estimate of drug-likeness (QED) is 0.842. The van der Waals surface area contributed by atoms with Gasteiger partial charge in [0.1, 0.15) is 0 Å². The number of hydrogen-bond donors (Lipinski definition) is 0. The van der Waals surface area contributed by atoms with Crippen molar-refractivity contribution in [2.75, 3.05) is 21.3 Å². The van der Waals surface area contributed by atoms with Gasteiger partial charge in [0.15, 0.2) is 11.5 Å². The second-order valence-corrected chi connectivity index (χ2v) is 5.50. The smallest absolute Gasteiger partial charge is 0.204 e. The molecule has 5 heteroatoms. The standard InChI is InChI=1S/C16H20ClNO3/c1-8(2)12-9(3)18-10-7-11(19-4)15(20-5)16(21-6)13(10)14(12)17/h7-8H,1-6H3. The monoisotopic (exact) mass is 309 g/mol. The lowest BCUT2D eigenvalue weighted by Crippen LogP contribution is -2.02. The number of methoxy groups -OCH3 is 3. The van der Waals surface area contributed by atoms with Gasteiger partial charge in [-0.1, -0.05) is 25.4 Å². The molecule has 0 aliphatic carbocycles. The van der Waals surface area contributed by atoms with Crippen molar-refractivity contribution in [2.45, 2.75) is 26.7 Å². The molecule has 4 nitrogen and oxygen atoms in total. The molecule has 0 N–H and O–H groups in total. The third kappa shape index (κ3) is 2.48. The lowest BCUT2D eigenvalue weighted by molar-refractivity contribution is 0.327. The Bertz CT molecular complexity index is 683. The van der Waals surface area contributed by atoms with Gasteiger partial charge in [-0.05, 0) is 18.4 Å². The summed E-state index contributed by atoms with van der Waals surface area (Å²) < 4.78 is 16.3. The molecule has 0 bridgehead atoms. The van der Waals surface area contributed by atoms with Gasteiger partial charge in [0.05, 0.1) is 37.3 Å². The van der Waals surface area contributed by atoms with Gasteiger partial charge in [0.2, 0.25) is 5.75 Å². The van der Waals surface area contributed by atoms with Crippen LogP contribution in [0, 0.1) is 6.92 Å². The van der Waals surface area contributed by atoms with E-state index in [1.807, 2.05) is 13.0 Å². The zero-order chi connectivity index (χ0) is 15.7. The molecular weight excluding hydrogens is 290 g/mol. The summed E-state index contributed by atoms with van der Waals surface area (Å²) in [4.78, 5) is 4.65. The molecule has 0 atom stereocenters. The summed E-state index contributed by atoms with van der Waals surface area (Å²) in [5.74, 6) is 1.91. The summed E-state index contributed by atoms with van der Waals surface area (Å²) in [6.07, 6.45) is 0. The molecule has 0 unspecified atom stereocenters. The van der Waals surface area contributed by atoms with Crippen LogP contribution in [0.25, 0.3) is 10.9 Å². The Morgan fingerprint density at radius 2 is 1.67 bits per heavy atom. The van der Waals surface area contributed by atoms with Gasteiger partial charge in [0, 0.05) is 11.8 Å². The third-order valence-corrected chi connectivity index (χ3v) is 3.91. The van der Waals surface area contributed by atoms with E-state index in [2.05, 4.69) is 18.8 Å². The van der Waals surface area contributed by atoms with Crippen LogP contribution in [0.15, 0.2) is 6.07 Å². The Hall–Kier alpha value is -1.68. The summed E-state index contributed by atoms with van der Waals surface area (Å²) in [6.45, 7) is 6.15. The average Bonchev–Trinajstić information content (AvgIpc) is 2.44. The lowest BCUT2D eigenvalue weighted by atomic mass is 9.98. The van der Waals surface area contributed by atoms with E-state index in [1.165, 1.54) is 0 Å². The first-order valence-corrected chi connectivity index (χ1v) is 7.12. The van der Waals surface area contributed by atoms with Crippen LogP contribution in [0.2, 0.25) is 5.02 Å². The van der Waals surface area contributed by atoms with Crippen molar-refractivity contribution in [2.24, 2.45) is 0 Å². The topological polar surface area (TPSA) is 40.6 Å². The van der Waals surface area contributed by atoms with E-state index >= 15 is 0 Å². The molecule has 1 heterocycles. The SMILES string of the molecule is COc1cc2nc(C)c(C(C)C)c(Cl)c2c(OC)c1OC. The van der Waals surface area contributed by atoms with Crippen molar-refractivity contribution >= 4 is 22.5 Å². The van der Waals surface area contributed by atoms with Gasteiger partial charge in [-0.15, -0.1) is 0 Å². The molecule has 2 rings (SSSR count). The molecule has 0 saturated heterocycles. The summed E-state index contributed by atoms with van der Waals surface area (Å²) in [5.41, 5.74) is 2.67. The minimum Gasteiger partial charge on any atom is -0.493 e. The van der Waals surface area contributed by atoms with Gasteiger partial charge >= 0.3 is 0 Å². The van der Waals surface area contributed by atoms with E-state index in [0.717, 1.165) is 22.2 Å². The zero-order valence-electron chi connectivity index (χ0n) is 13.2. The fraction of sp³-hybridized carbons (Fsp3) is 0.438. The van der Waals surface area contributed by atoms with Crippen molar-refractivity contribution in [1.82, 2.24) is 4.98 Å². The number of hydrogen-bond acceptors (Lipinski definition) is 4. The van der Waals surface area contributed by atoms with Crippen molar-refractivity contribution in [3.63, 3.8) is 0 Å². The molecule has 0 spiro atoms. The van der Waals surface area contributed by atoms with Gasteiger partial charge in [-0.2, -0.15) is 0 Å². The van der Waals surface area contributed by atoms with Crippen LogP contribution in [0.1, 0.15) is 31.0 Å². The number of benzene rings is 1. The third-order valence-electron chi connectivity index (χ3n) is 3.52. The number of aryl methyl sites for hydroxylation is 1. The van der Waals surface area contributed by atoms with E-state index < -0.39 is 0 Å². The molecule has 1 aromatic heterocycles. The molecule has 0 aliphatic heterocycles. The van der Waals surface area contributed by atoms with Crippen molar-refractivity contribution in [1.29, 1.82) is 0 Å². The highest BCUT2D eigenvalue weighted by molar-refractivity contribution is 6.37. The Morgan fingerprint density at radius 3 is 2.14 bits per heavy atom. The van der Waals surface area contributed by atoms with E-state index in [0.29, 0.717) is 22.3 Å². The molecule has 0 fully saturated rings. The maximum Gasteiger partial charge on any atom is 0.204 e. The minimum absolute atomic E-state index is 0.271. The first-order valence-electron chi connectivity index (χ1n) is 6.74. The highest BCUT2D eigenvalue weighted by atomic mass is 35.5. The van der Waals surface area contributed by atoms with E-state index in [9.17, 15) is 0 Å². The van der Waals surface area contributed by atoms with Crippen molar-refractivity contribution in [3.8, 4) is 17.2 Å². The number of ether oxygens (including phenoxy) is 3. The Kier molecular flexibility index (Phi) is 4.47. The van der Waals surface area contributed by atoms with E-state index in [4.69, 9.17) is 25.8 Å². The number of nitrogens with zero attached hydrogens (tertiary/aromatic N) is 1. The predicted octanol–water partition coefficient (Wildman–Crippen LogP) is 4.35. The molecule has 21 heavy (non-hydrogen) atoms. The van der Waals surface area contributed by atoms with Crippen LogP contribution < -0.4 is 14.2 Å². The fourth-order valence-corrected chi connectivity index (χ4v) is 3.19. The highest BCUT2D eigenvalue weighted by Crippen LogP contribution is 2.47. The number of halogens is 1. The molecule has 0 amide bonds. The van der Waals surface area contributed by atoms with Crippen LogP contribution in [-0.2, 0) is 0 Å². The Labute approximate surface area is 130 Å². The molecular formula is C16H20ClNO3. The van der Waals surface area contributed by atoms with Gasteiger partial charge in [-0.3, -0.25) is 4.98 Å². The summed E-state index contributed by atoms with van der Waals surface area (Å²) >= 11 is 6.63. The summed E-state index contributed by atoms with van der Waals surface area (Å²) in [6, 6.07) is 1.82. The van der Waals surface area contributed by atoms with Crippen LogP contribution >= 0.6 is 11.6 Å². The minimum atomic E-state index is 0.271. The maximum atomic E-state index is 6.63. The largest absolute Gasteiger partial charge is 0.493 e. The fourth-order valence-electron chi connectivity index (χ4n) is 2.65. The first kappa shape index (κ1) is 15.7. The lowest BCUT2D eigenvalue weighted by Gasteiger charge is -2.19. The number of aromatic nitrogens is 1. The van der Waals surface area contributed by atoms with Crippen LogP contribution in [0.3, 0.4) is 0 Å². The Balaban J connectivity index is 2.97. The molecule has 114 valence electrons. The van der Waals surface area contributed by atoms with Gasteiger partial charge in [-0.25, -0.2) is 0 Å². The number of fused-ring (bicyclic) bond motifs is 1. The molecule has 0 saturated carbocycles. The van der Waals surface area contributed by atoms with Gasteiger partial charge in [0.25, 0.3) is 0 Å². The van der Waals surface area contributed by atoms with Gasteiger partial charge < -0.3 is 14.2 Å².